The molecule has 0 radical (unpaired) electrons. The third kappa shape index (κ3) is 2.71. The summed E-state index contributed by atoms with van der Waals surface area (Å²) in [7, 11) is 0. The van der Waals surface area contributed by atoms with E-state index in [1.165, 1.54) is 25.1 Å². The SMILES string of the molecule is C[C@@H](C(=O)Nc1ccccc1F)N1C(=O)N[C@@]2(CCCc3sccc32)C1=O. The van der Waals surface area contributed by atoms with E-state index in [4.69, 9.17) is 0 Å². The van der Waals surface area contributed by atoms with E-state index in [0.717, 1.165) is 28.2 Å². The van der Waals surface area contributed by atoms with Gasteiger partial charge in [0.25, 0.3) is 5.91 Å². The Morgan fingerprint density at radius 2 is 2.11 bits per heavy atom. The Hall–Kier alpha value is -2.74. The first-order chi connectivity index (χ1) is 12.9. The lowest BCUT2D eigenvalue weighted by atomic mass is 9.80. The van der Waals surface area contributed by atoms with Gasteiger partial charge in [0, 0.05) is 10.4 Å². The van der Waals surface area contributed by atoms with Crippen molar-refractivity contribution in [1.29, 1.82) is 0 Å². The average Bonchev–Trinajstić information content (AvgIpc) is 3.21. The Morgan fingerprint density at radius 3 is 2.89 bits per heavy atom. The van der Waals surface area contributed by atoms with Crippen molar-refractivity contribution < 1.29 is 18.8 Å². The average molecular weight is 387 g/mol. The fourth-order valence-electron chi connectivity index (χ4n) is 3.78. The van der Waals surface area contributed by atoms with Crippen molar-refractivity contribution in [2.45, 2.75) is 37.8 Å². The number of anilines is 1. The van der Waals surface area contributed by atoms with Gasteiger partial charge in [0.2, 0.25) is 5.91 Å². The number of fused-ring (bicyclic) bond motifs is 2. The number of nitrogens with zero attached hydrogens (tertiary/aromatic N) is 1. The van der Waals surface area contributed by atoms with Gasteiger partial charge in [-0.2, -0.15) is 0 Å². The fourth-order valence-corrected chi connectivity index (χ4v) is 4.78. The van der Waals surface area contributed by atoms with Crippen molar-refractivity contribution in [3.63, 3.8) is 0 Å². The lowest BCUT2D eigenvalue weighted by molar-refractivity contribution is -0.137. The van der Waals surface area contributed by atoms with E-state index in [1.54, 1.807) is 17.4 Å². The minimum absolute atomic E-state index is 0.00824. The summed E-state index contributed by atoms with van der Waals surface area (Å²) in [5, 5.41) is 7.17. The van der Waals surface area contributed by atoms with Crippen LogP contribution in [0.5, 0.6) is 0 Å². The number of amides is 4. The lowest BCUT2D eigenvalue weighted by Gasteiger charge is -2.31. The zero-order valence-corrected chi connectivity index (χ0v) is 15.4. The van der Waals surface area contributed by atoms with Gasteiger partial charge in [-0.15, -0.1) is 11.3 Å². The number of carbonyl (C=O) groups is 3. The number of para-hydroxylation sites is 1. The smallest absolute Gasteiger partial charge is 0.322 e. The van der Waals surface area contributed by atoms with Gasteiger partial charge in [0.05, 0.1) is 5.69 Å². The van der Waals surface area contributed by atoms with E-state index in [9.17, 15) is 18.8 Å². The number of carbonyl (C=O) groups excluding carboxylic acids is 3. The number of urea groups is 1. The van der Waals surface area contributed by atoms with Gasteiger partial charge in [-0.25, -0.2) is 14.1 Å². The normalized spacial score (nSPS) is 22.5. The van der Waals surface area contributed by atoms with Crippen LogP contribution in [0.2, 0.25) is 0 Å². The van der Waals surface area contributed by atoms with Gasteiger partial charge in [0.15, 0.2) is 0 Å². The molecule has 1 aromatic heterocycles. The molecule has 6 nitrogen and oxygen atoms in total. The predicted octanol–water partition coefficient (Wildman–Crippen LogP) is 3.00. The van der Waals surface area contributed by atoms with Gasteiger partial charge in [0.1, 0.15) is 17.4 Å². The molecule has 8 heteroatoms. The van der Waals surface area contributed by atoms with Crippen molar-refractivity contribution in [2.75, 3.05) is 5.32 Å². The number of aryl methyl sites for hydroxylation is 1. The summed E-state index contributed by atoms with van der Waals surface area (Å²) in [6, 6.07) is 5.94. The highest BCUT2D eigenvalue weighted by Crippen LogP contribution is 2.42. The molecule has 1 saturated heterocycles. The number of rotatable bonds is 3. The number of hydrogen-bond acceptors (Lipinski definition) is 4. The standard InChI is InChI=1S/C19H18FN3O3S/c1-11(16(24)21-14-6-3-2-5-13(14)20)23-17(25)19(22-18(23)26)9-4-7-15-12(19)8-10-27-15/h2-3,5-6,8,10-11H,4,7,9H2,1H3,(H,21,24)(H,22,26)/t11-,19+/m0/s1. The van der Waals surface area contributed by atoms with Crippen LogP contribution in [0.1, 0.15) is 30.2 Å². The third-order valence-corrected chi connectivity index (χ3v) is 6.16. The molecule has 2 aliphatic rings. The number of imide groups is 1. The first-order valence-electron chi connectivity index (χ1n) is 8.72. The Bertz CT molecular complexity index is 944. The highest BCUT2D eigenvalue weighted by Gasteiger charge is 2.56. The molecule has 2 aromatic rings. The molecule has 1 fully saturated rings. The van der Waals surface area contributed by atoms with Crippen LogP contribution in [0.15, 0.2) is 35.7 Å². The Balaban J connectivity index is 1.60. The number of halogens is 1. The maximum Gasteiger partial charge on any atom is 0.326 e. The van der Waals surface area contributed by atoms with Gasteiger partial charge in [-0.3, -0.25) is 9.59 Å². The van der Waals surface area contributed by atoms with Crippen molar-refractivity contribution >= 4 is 34.9 Å². The molecule has 2 atom stereocenters. The Labute approximate surface area is 159 Å². The van der Waals surface area contributed by atoms with Crippen molar-refractivity contribution in [2.24, 2.45) is 0 Å². The first kappa shape index (κ1) is 17.7. The Kier molecular flexibility index (Phi) is 4.22. The molecular formula is C19H18FN3O3S. The van der Waals surface area contributed by atoms with Crippen LogP contribution in [0, 0.1) is 5.82 Å². The monoisotopic (exact) mass is 387 g/mol. The largest absolute Gasteiger partial charge is 0.326 e. The molecule has 2 N–H and O–H groups in total. The molecule has 0 saturated carbocycles. The third-order valence-electron chi connectivity index (χ3n) is 5.18. The second kappa shape index (κ2) is 6.45. The van der Waals surface area contributed by atoms with Crippen molar-refractivity contribution in [3.8, 4) is 0 Å². The molecule has 1 aliphatic heterocycles. The van der Waals surface area contributed by atoms with Crippen LogP contribution in [0.4, 0.5) is 14.9 Å². The molecular weight excluding hydrogens is 369 g/mol. The second-order valence-corrected chi connectivity index (χ2v) is 7.77. The van der Waals surface area contributed by atoms with Crippen LogP contribution in [0.3, 0.4) is 0 Å². The highest BCUT2D eigenvalue weighted by atomic mass is 32.1. The number of thiophene rings is 1. The molecule has 0 bridgehead atoms. The summed E-state index contributed by atoms with van der Waals surface area (Å²) in [6.07, 6.45) is 2.16. The summed E-state index contributed by atoms with van der Waals surface area (Å²) >= 11 is 1.57. The zero-order chi connectivity index (χ0) is 19.2. The van der Waals surface area contributed by atoms with Crippen LogP contribution >= 0.6 is 11.3 Å². The molecule has 1 aromatic carbocycles. The van der Waals surface area contributed by atoms with E-state index in [2.05, 4.69) is 10.6 Å². The molecule has 140 valence electrons. The molecule has 0 unspecified atom stereocenters. The van der Waals surface area contributed by atoms with Gasteiger partial charge >= 0.3 is 6.03 Å². The van der Waals surface area contributed by atoms with Gasteiger partial charge < -0.3 is 10.6 Å². The van der Waals surface area contributed by atoms with E-state index < -0.39 is 35.2 Å². The summed E-state index contributed by atoms with van der Waals surface area (Å²) in [4.78, 5) is 40.4. The maximum absolute atomic E-state index is 13.8. The quantitative estimate of drug-likeness (QED) is 0.795. The van der Waals surface area contributed by atoms with E-state index >= 15 is 0 Å². The number of hydrogen-bond donors (Lipinski definition) is 2. The predicted molar refractivity (Wildman–Crippen MR) is 98.8 cm³/mol. The maximum atomic E-state index is 13.8. The molecule has 4 rings (SSSR count). The minimum Gasteiger partial charge on any atom is -0.322 e. The molecule has 4 amide bonds. The molecule has 1 spiro atoms. The summed E-state index contributed by atoms with van der Waals surface area (Å²) in [5.41, 5.74) is -0.271. The highest BCUT2D eigenvalue weighted by molar-refractivity contribution is 7.10. The van der Waals surface area contributed by atoms with E-state index in [0.29, 0.717) is 6.42 Å². The van der Waals surface area contributed by atoms with Gasteiger partial charge in [-0.05, 0) is 49.8 Å². The van der Waals surface area contributed by atoms with Gasteiger partial charge in [-0.1, -0.05) is 12.1 Å². The molecule has 1 aliphatic carbocycles. The van der Waals surface area contributed by atoms with Crippen molar-refractivity contribution in [1.82, 2.24) is 10.2 Å². The zero-order valence-electron chi connectivity index (χ0n) is 14.6. The molecule has 2 heterocycles. The topological polar surface area (TPSA) is 78.5 Å². The van der Waals surface area contributed by atoms with E-state index in [-0.39, 0.29) is 5.69 Å². The lowest BCUT2D eigenvalue weighted by Crippen LogP contribution is -2.49. The van der Waals surface area contributed by atoms with E-state index in [1.807, 2.05) is 11.4 Å². The number of benzene rings is 1. The summed E-state index contributed by atoms with van der Waals surface area (Å²) < 4.78 is 13.8. The second-order valence-electron chi connectivity index (χ2n) is 6.77. The summed E-state index contributed by atoms with van der Waals surface area (Å²) in [6.45, 7) is 1.46. The molecule has 27 heavy (non-hydrogen) atoms. The minimum atomic E-state index is -1.10. The fraction of sp³-hybridized carbons (Fsp3) is 0.316. The van der Waals surface area contributed by atoms with Crippen LogP contribution in [-0.2, 0) is 21.5 Å². The first-order valence-corrected chi connectivity index (χ1v) is 9.60. The van der Waals surface area contributed by atoms with Crippen molar-refractivity contribution in [3.05, 3.63) is 52.0 Å². The number of nitrogens with one attached hydrogen (secondary N) is 2. The summed E-state index contributed by atoms with van der Waals surface area (Å²) in [5.74, 6) is -1.63. The Morgan fingerprint density at radius 1 is 1.33 bits per heavy atom. The van der Waals surface area contributed by atoms with Crippen LogP contribution < -0.4 is 10.6 Å². The van der Waals surface area contributed by atoms with Crippen LogP contribution in [-0.4, -0.2) is 28.8 Å². The van der Waals surface area contributed by atoms with Crippen LogP contribution in [0.25, 0.3) is 0 Å².